The first-order chi connectivity index (χ1) is 15.3. The van der Waals surface area contributed by atoms with E-state index in [0.717, 1.165) is 23.3 Å². The molecular formula is C26H32N2O4. The number of amides is 2. The highest BCUT2D eigenvalue weighted by Crippen LogP contribution is 2.16. The van der Waals surface area contributed by atoms with Gasteiger partial charge in [-0.15, -0.1) is 0 Å². The van der Waals surface area contributed by atoms with Gasteiger partial charge in [-0.05, 0) is 56.5 Å². The largest absolute Gasteiger partial charge is 0.489 e. The minimum atomic E-state index is -0.524. The number of hydrogen-bond donors (Lipinski definition) is 0. The molecule has 1 fully saturated rings. The topological polar surface area (TPSA) is 59.1 Å². The standard InChI is InChI=1S/C26H32N2O4/c1-26(2,3)32-25(30)28-17-7-16-27(18-19-28)24(29)15-12-21-10-13-23(14-11-21)31-20-22-8-5-4-6-9-22/h4-6,8-15H,7,16-20H2,1-3H3/b15-12+. The second kappa shape index (κ2) is 10.8. The molecule has 0 bridgehead atoms. The maximum absolute atomic E-state index is 12.6. The van der Waals surface area contributed by atoms with E-state index in [1.54, 1.807) is 22.0 Å². The van der Waals surface area contributed by atoms with E-state index in [0.29, 0.717) is 32.8 Å². The molecule has 0 aliphatic carbocycles. The molecular weight excluding hydrogens is 404 g/mol. The van der Waals surface area contributed by atoms with Crippen LogP contribution in [0.1, 0.15) is 38.3 Å². The molecule has 0 N–H and O–H groups in total. The van der Waals surface area contributed by atoms with Crippen molar-refractivity contribution in [1.82, 2.24) is 9.80 Å². The van der Waals surface area contributed by atoms with Crippen LogP contribution in [-0.4, -0.2) is 53.6 Å². The van der Waals surface area contributed by atoms with Gasteiger partial charge in [-0.2, -0.15) is 0 Å². The highest BCUT2D eigenvalue weighted by atomic mass is 16.6. The first kappa shape index (κ1) is 23.4. The van der Waals surface area contributed by atoms with Gasteiger partial charge in [0.15, 0.2) is 0 Å². The third-order valence-corrected chi connectivity index (χ3v) is 5.01. The summed E-state index contributed by atoms with van der Waals surface area (Å²) >= 11 is 0. The lowest BCUT2D eigenvalue weighted by atomic mass is 10.2. The summed E-state index contributed by atoms with van der Waals surface area (Å²) in [6, 6.07) is 17.7. The van der Waals surface area contributed by atoms with Crippen molar-refractivity contribution in [3.05, 3.63) is 71.8 Å². The Balaban J connectivity index is 1.48. The molecule has 170 valence electrons. The van der Waals surface area contributed by atoms with Crippen molar-refractivity contribution in [2.24, 2.45) is 0 Å². The molecule has 3 rings (SSSR count). The molecule has 1 saturated heterocycles. The predicted octanol–water partition coefficient (Wildman–Crippen LogP) is 4.75. The zero-order valence-electron chi connectivity index (χ0n) is 19.1. The van der Waals surface area contributed by atoms with Gasteiger partial charge in [0, 0.05) is 32.3 Å². The average Bonchev–Trinajstić information content (AvgIpc) is 3.03. The van der Waals surface area contributed by atoms with Crippen LogP contribution in [0.25, 0.3) is 6.08 Å². The molecule has 2 aromatic rings. The van der Waals surface area contributed by atoms with Crippen molar-refractivity contribution in [3.8, 4) is 5.75 Å². The van der Waals surface area contributed by atoms with Gasteiger partial charge < -0.3 is 19.3 Å². The van der Waals surface area contributed by atoms with E-state index >= 15 is 0 Å². The molecule has 0 unspecified atom stereocenters. The van der Waals surface area contributed by atoms with Gasteiger partial charge in [-0.3, -0.25) is 4.79 Å². The summed E-state index contributed by atoms with van der Waals surface area (Å²) in [5.41, 5.74) is 1.52. The summed E-state index contributed by atoms with van der Waals surface area (Å²) in [5.74, 6) is 0.729. The van der Waals surface area contributed by atoms with Gasteiger partial charge in [0.05, 0.1) is 0 Å². The fourth-order valence-corrected chi connectivity index (χ4v) is 3.34. The summed E-state index contributed by atoms with van der Waals surface area (Å²) < 4.78 is 11.2. The Bertz CT molecular complexity index is 917. The van der Waals surface area contributed by atoms with Gasteiger partial charge >= 0.3 is 6.09 Å². The van der Waals surface area contributed by atoms with Crippen LogP contribution >= 0.6 is 0 Å². The first-order valence-corrected chi connectivity index (χ1v) is 11.0. The van der Waals surface area contributed by atoms with E-state index < -0.39 is 5.60 Å². The molecule has 0 atom stereocenters. The number of nitrogens with zero attached hydrogens (tertiary/aromatic N) is 2. The van der Waals surface area contributed by atoms with E-state index in [1.165, 1.54) is 0 Å². The number of hydrogen-bond acceptors (Lipinski definition) is 4. The van der Waals surface area contributed by atoms with Crippen molar-refractivity contribution in [2.45, 2.75) is 39.4 Å². The predicted molar refractivity (Wildman–Crippen MR) is 125 cm³/mol. The van der Waals surface area contributed by atoms with Gasteiger partial charge in [0.25, 0.3) is 0 Å². The Labute approximate surface area is 190 Å². The maximum atomic E-state index is 12.6. The van der Waals surface area contributed by atoms with Crippen molar-refractivity contribution in [3.63, 3.8) is 0 Å². The van der Waals surface area contributed by atoms with Crippen LogP contribution in [0.15, 0.2) is 60.7 Å². The second-order valence-corrected chi connectivity index (χ2v) is 8.82. The molecule has 2 amide bonds. The fraction of sp³-hybridized carbons (Fsp3) is 0.385. The van der Waals surface area contributed by atoms with Crippen molar-refractivity contribution in [1.29, 1.82) is 0 Å². The normalized spacial score (nSPS) is 14.8. The molecule has 32 heavy (non-hydrogen) atoms. The number of ether oxygens (including phenoxy) is 2. The number of benzene rings is 2. The average molecular weight is 437 g/mol. The SMILES string of the molecule is CC(C)(C)OC(=O)N1CCCN(C(=O)/C=C/c2ccc(OCc3ccccc3)cc2)CC1. The number of rotatable bonds is 5. The molecule has 1 aliphatic heterocycles. The lowest BCUT2D eigenvalue weighted by Crippen LogP contribution is -2.39. The Morgan fingerprint density at radius 2 is 1.56 bits per heavy atom. The lowest BCUT2D eigenvalue weighted by Gasteiger charge is -2.26. The highest BCUT2D eigenvalue weighted by Gasteiger charge is 2.25. The van der Waals surface area contributed by atoms with Crippen molar-refractivity contribution < 1.29 is 19.1 Å². The van der Waals surface area contributed by atoms with E-state index in [-0.39, 0.29) is 12.0 Å². The maximum Gasteiger partial charge on any atom is 0.410 e. The van der Waals surface area contributed by atoms with E-state index in [2.05, 4.69) is 0 Å². The quantitative estimate of drug-likeness (QED) is 0.635. The van der Waals surface area contributed by atoms with Crippen LogP contribution in [0.2, 0.25) is 0 Å². The zero-order chi connectivity index (χ0) is 23.0. The van der Waals surface area contributed by atoms with Crippen LogP contribution in [0, 0.1) is 0 Å². The van der Waals surface area contributed by atoms with Gasteiger partial charge in [0.1, 0.15) is 18.0 Å². The molecule has 6 nitrogen and oxygen atoms in total. The Hall–Kier alpha value is -3.28. The summed E-state index contributed by atoms with van der Waals surface area (Å²) in [4.78, 5) is 28.4. The molecule has 0 spiro atoms. The number of carbonyl (C=O) groups excluding carboxylic acids is 2. The fourth-order valence-electron chi connectivity index (χ4n) is 3.34. The summed E-state index contributed by atoms with van der Waals surface area (Å²) in [6.45, 7) is 8.25. The zero-order valence-corrected chi connectivity index (χ0v) is 19.1. The second-order valence-electron chi connectivity index (χ2n) is 8.82. The van der Waals surface area contributed by atoms with Crippen molar-refractivity contribution >= 4 is 18.1 Å². The monoisotopic (exact) mass is 436 g/mol. The molecule has 6 heteroatoms. The first-order valence-electron chi connectivity index (χ1n) is 11.0. The lowest BCUT2D eigenvalue weighted by molar-refractivity contribution is -0.125. The Kier molecular flexibility index (Phi) is 7.92. The third-order valence-electron chi connectivity index (χ3n) is 5.01. The Morgan fingerprint density at radius 1 is 0.906 bits per heavy atom. The molecule has 0 saturated carbocycles. The minimum absolute atomic E-state index is 0.0551. The van der Waals surface area contributed by atoms with Crippen LogP contribution < -0.4 is 4.74 Å². The van der Waals surface area contributed by atoms with Crippen LogP contribution in [-0.2, 0) is 16.1 Å². The van der Waals surface area contributed by atoms with Crippen molar-refractivity contribution in [2.75, 3.05) is 26.2 Å². The summed E-state index contributed by atoms with van der Waals surface area (Å²) in [5, 5.41) is 0. The minimum Gasteiger partial charge on any atom is -0.489 e. The number of carbonyl (C=O) groups is 2. The molecule has 0 aromatic heterocycles. The van der Waals surface area contributed by atoms with Crippen LogP contribution in [0.3, 0.4) is 0 Å². The summed E-state index contributed by atoms with van der Waals surface area (Å²) in [6.07, 6.45) is 3.80. The van der Waals surface area contributed by atoms with Gasteiger partial charge in [-0.1, -0.05) is 42.5 Å². The molecule has 1 aliphatic rings. The van der Waals surface area contributed by atoms with E-state index in [9.17, 15) is 9.59 Å². The Morgan fingerprint density at radius 3 is 2.25 bits per heavy atom. The van der Waals surface area contributed by atoms with E-state index in [1.807, 2.05) is 75.4 Å². The molecule has 0 radical (unpaired) electrons. The van der Waals surface area contributed by atoms with Crippen LogP contribution in [0.5, 0.6) is 5.75 Å². The van der Waals surface area contributed by atoms with Crippen LogP contribution in [0.4, 0.5) is 4.79 Å². The highest BCUT2D eigenvalue weighted by molar-refractivity contribution is 5.91. The summed E-state index contributed by atoms with van der Waals surface area (Å²) in [7, 11) is 0. The van der Waals surface area contributed by atoms with Gasteiger partial charge in [0.2, 0.25) is 5.91 Å². The smallest absolute Gasteiger partial charge is 0.410 e. The molecule has 1 heterocycles. The van der Waals surface area contributed by atoms with Gasteiger partial charge in [-0.25, -0.2) is 4.79 Å². The third kappa shape index (κ3) is 7.45. The molecule has 2 aromatic carbocycles. The van der Waals surface area contributed by atoms with E-state index in [4.69, 9.17) is 9.47 Å².